The summed E-state index contributed by atoms with van der Waals surface area (Å²) >= 11 is 0. The first-order valence-corrected chi connectivity index (χ1v) is 10.4. The van der Waals surface area contributed by atoms with E-state index < -0.39 is 9.84 Å². The van der Waals surface area contributed by atoms with Crippen LogP contribution in [0.4, 0.5) is 0 Å². The lowest BCUT2D eigenvalue weighted by molar-refractivity contribution is -0.130. The lowest BCUT2D eigenvalue weighted by Gasteiger charge is -2.21. The van der Waals surface area contributed by atoms with Gasteiger partial charge in [-0.1, -0.05) is 13.8 Å². The van der Waals surface area contributed by atoms with E-state index in [9.17, 15) is 13.2 Å². The summed E-state index contributed by atoms with van der Waals surface area (Å²) in [5, 5.41) is 0. The van der Waals surface area contributed by atoms with Crippen molar-refractivity contribution in [1.29, 1.82) is 0 Å². The Morgan fingerprint density at radius 1 is 1.23 bits per heavy atom. The van der Waals surface area contributed by atoms with E-state index in [1.165, 1.54) is 18.4 Å². The molecule has 1 unspecified atom stereocenters. The first-order chi connectivity index (χ1) is 11.6. The molecule has 0 saturated carbocycles. The van der Waals surface area contributed by atoms with Crippen LogP contribution in [0.15, 0.2) is 29.2 Å². The number of rotatable bonds is 10. The van der Waals surface area contributed by atoms with Gasteiger partial charge in [-0.15, -0.1) is 12.4 Å². The molecule has 1 aromatic rings. The van der Waals surface area contributed by atoms with Crippen molar-refractivity contribution >= 4 is 28.2 Å². The number of amides is 1. The van der Waals surface area contributed by atoms with E-state index in [4.69, 9.17) is 10.5 Å². The second-order valence-corrected chi connectivity index (χ2v) is 8.72. The summed E-state index contributed by atoms with van der Waals surface area (Å²) in [7, 11) is -1.41. The van der Waals surface area contributed by atoms with Crippen LogP contribution in [0.3, 0.4) is 0 Å². The molecule has 1 amide bonds. The average molecular weight is 407 g/mol. The smallest absolute Gasteiger partial charge is 0.222 e. The largest absolute Gasteiger partial charge is 0.494 e. The Labute approximate surface area is 163 Å². The predicted octanol–water partition coefficient (Wildman–Crippen LogP) is 2.50. The Hall–Kier alpha value is -1.31. The highest BCUT2D eigenvalue weighted by Crippen LogP contribution is 2.16. The third kappa shape index (κ3) is 8.87. The number of hydrogen-bond acceptors (Lipinski definition) is 5. The minimum atomic E-state index is -3.20. The predicted molar refractivity (Wildman–Crippen MR) is 107 cm³/mol. The van der Waals surface area contributed by atoms with Gasteiger partial charge in [0.1, 0.15) is 5.75 Å². The van der Waals surface area contributed by atoms with E-state index >= 15 is 0 Å². The minimum absolute atomic E-state index is 0. The van der Waals surface area contributed by atoms with Gasteiger partial charge < -0.3 is 15.4 Å². The van der Waals surface area contributed by atoms with E-state index in [0.29, 0.717) is 37.7 Å². The van der Waals surface area contributed by atoms with Gasteiger partial charge in [0.15, 0.2) is 9.84 Å². The van der Waals surface area contributed by atoms with Crippen LogP contribution in [0.25, 0.3) is 0 Å². The molecule has 0 aromatic heterocycles. The number of hydrogen-bond donors (Lipinski definition) is 1. The van der Waals surface area contributed by atoms with Gasteiger partial charge >= 0.3 is 0 Å². The number of carbonyl (C=O) groups is 1. The van der Waals surface area contributed by atoms with Gasteiger partial charge in [0.2, 0.25) is 5.91 Å². The van der Waals surface area contributed by atoms with E-state index in [1.807, 2.05) is 0 Å². The lowest BCUT2D eigenvalue weighted by Crippen LogP contribution is -2.34. The van der Waals surface area contributed by atoms with Crippen LogP contribution in [0.2, 0.25) is 0 Å². The molecule has 0 spiro atoms. The number of sulfone groups is 1. The van der Waals surface area contributed by atoms with Crippen molar-refractivity contribution in [2.24, 2.45) is 11.7 Å². The Kier molecular flexibility index (Phi) is 10.8. The summed E-state index contributed by atoms with van der Waals surface area (Å²) in [5.41, 5.74) is 5.99. The highest BCUT2D eigenvalue weighted by atomic mass is 35.5. The van der Waals surface area contributed by atoms with E-state index in [-0.39, 0.29) is 29.3 Å². The fourth-order valence-electron chi connectivity index (χ4n) is 2.19. The monoisotopic (exact) mass is 406 g/mol. The number of ether oxygens (including phenoxy) is 1. The number of halogens is 1. The van der Waals surface area contributed by atoms with Crippen LogP contribution < -0.4 is 10.5 Å². The molecule has 150 valence electrons. The standard InChI is InChI=1S/C18H30N2O4S.ClH/c1-14(2)17(19)11-12-20(3)18(21)6-5-13-24-15-7-9-16(10-8-15)25(4,22)23;/h7-10,14,17H,5-6,11-13,19H2,1-4H3;1H. The second-order valence-electron chi connectivity index (χ2n) is 6.71. The molecule has 0 radical (unpaired) electrons. The average Bonchev–Trinajstić information content (AvgIpc) is 2.55. The van der Waals surface area contributed by atoms with Crippen LogP contribution >= 0.6 is 12.4 Å². The second kappa shape index (κ2) is 11.4. The molecule has 0 heterocycles. The molecule has 8 heteroatoms. The first-order valence-electron chi connectivity index (χ1n) is 8.53. The molecule has 0 fully saturated rings. The van der Waals surface area contributed by atoms with Crippen molar-refractivity contribution in [3.05, 3.63) is 24.3 Å². The Morgan fingerprint density at radius 3 is 2.31 bits per heavy atom. The molecule has 0 bridgehead atoms. The van der Waals surface area contributed by atoms with Gasteiger partial charge in [-0.2, -0.15) is 0 Å². The fraction of sp³-hybridized carbons (Fsp3) is 0.611. The van der Waals surface area contributed by atoms with E-state index in [0.717, 1.165) is 6.42 Å². The Morgan fingerprint density at radius 2 is 1.81 bits per heavy atom. The molecule has 0 aliphatic heterocycles. The maximum Gasteiger partial charge on any atom is 0.222 e. The molecule has 2 N–H and O–H groups in total. The van der Waals surface area contributed by atoms with Gasteiger partial charge in [0, 0.05) is 32.3 Å². The summed E-state index contributed by atoms with van der Waals surface area (Å²) in [4.78, 5) is 14.0. The maximum atomic E-state index is 12.1. The highest BCUT2D eigenvalue weighted by molar-refractivity contribution is 7.90. The Balaban J connectivity index is 0.00000625. The SMILES string of the molecule is CC(C)C(N)CCN(C)C(=O)CCCOc1ccc(S(C)(=O)=O)cc1.Cl. The third-order valence-corrected chi connectivity index (χ3v) is 5.26. The summed E-state index contributed by atoms with van der Waals surface area (Å²) in [6.45, 7) is 5.22. The van der Waals surface area contributed by atoms with Crippen molar-refractivity contribution in [2.75, 3.05) is 26.5 Å². The molecule has 26 heavy (non-hydrogen) atoms. The van der Waals surface area contributed by atoms with E-state index in [1.54, 1.807) is 24.1 Å². The molecule has 0 saturated heterocycles. The van der Waals surface area contributed by atoms with Gasteiger partial charge in [-0.05, 0) is 43.0 Å². The number of carbonyl (C=O) groups excluding carboxylic acids is 1. The summed E-state index contributed by atoms with van der Waals surface area (Å²) in [5.74, 6) is 1.08. The minimum Gasteiger partial charge on any atom is -0.494 e. The summed E-state index contributed by atoms with van der Waals surface area (Å²) in [6, 6.07) is 6.38. The van der Waals surface area contributed by atoms with Crippen LogP contribution in [-0.4, -0.2) is 51.7 Å². The van der Waals surface area contributed by atoms with Crippen molar-refractivity contribution in [1.82, 2.24) is 4.90 Å². The molecule has 1 aromatic carbocycles. The molecular weight excluding hydrogens is 376 g/mol. The van der Waals surface area contributed by atoms with Crippen molar-refractivity contribution in [3.8, 4) is 5.75 Å². The van der Waals surface area contributed by atoms with Crippen molar-refractivity contribution in [3.63, 3.8) is 0 Å². The van der Waals surface area contributed by atoms with Crippen molar-refractivity contribution in [2.45, 2.75) is 44.0 Å². The van der Waals surface area contributed by atoms with Crippen molar-refractivity contribution < 1.29 is 17.9 Å². The summed E-state index contributed by atoms with van der Waals surface area (Å²) in [6.07, 6.45) is 2.98. The molecule has 0 aliphatic carbocycles. The van der Waals surface area contributed by atoms with E-state index in [2.05, 4.69) is 13.8 Å². The van der Waals surface area contributed by atoms with Gasteiger partial charge in [-0.25, -0.2) is 8.42 Å². The third-order valence-electron chi connectivity index (χ3n) is 4.14. The topological polar surface area (TPSA) is 89.7 Å². The maximum absolute atomic E-state index is 12.1. The quantitative estimate of drug-likeness (QED) is 0.603. The van der Waals surface area contributed by atoms with Crippen LogP contribution in [0, 0.1) is 5.92 Å². The van der Waals surface area contributed by atoms with Crippen LogP contribution in [0.5, 0.6) is 5.75 Å². The zero-order valence-electron chi connectivity index (χ0n) is 16.0. The molecule has 0 aliphatic rings. The first kappa shape index (κ1) is 24.7. The zero-order chi connectivity index (χ0) is 19.0. The number of nitrogens with zero attached hydrogens (tertiary/aromatic N) is 1. The van der Waals surface area contributed by atoms with Gasteiger partial charge in [0.25, 0.3) is 0 Å². The van der Waals surface area contributed by atoms with Gasteiger partial charge in [-0.3, -0.25) is 4.79 Å². The highest BCUT2D eigenvalue weighted by Gasteiger charge is 2.12. The molecular formula is C18H31ClN2O4S. The molecule has 1 atom stereocenters. The van der Waals surface area contributed by atoms with Crippen LogP contribution in [-0.2, 0) is 14.6 Å². The normalized spacial score (nSPS) is 12.4. The lowest BCUT2D eigenvalue weighted by atomic mass is 10.0. The van der Waals surface area contributed by atoms with Crippen LogP contribution in [0.1, 0.15) is 33.1 Å². The summed E-state index contributed by atoms with van der Waals surface area (Å²) < 4.78 is 28.3. The van der Waals surface area contributed by atoms with Gasteiger partial charge in [0.05, 0.1) is 11.5 Å². The number of nitrogens with two attached hydrogens (primary N) is 1. The fourth-order valence-corrected chi connectivity index (χ4v) is 2.82. The zero-order valence-corrected chi connectivity index (χ0v) is 17.6. The molecule has 1 rings (SSSR count). The Bertz CT molecular complexity index is 648. The molecule has 6 nitrogen and oxygen atoms in total. The number of benzene rings is 1.